The average Bonchev–Trinajstić information content (AvgIpc) is 3.36. The number of methoxy groups -OCH3 is 1. The van der Waals surface area contributed by atoms with Gasteiger partial charge in [-0.3, -0.25) is 8.97 Å². The minimum atomic E-state index is 0.706. The minimum Gasteiger partial charge on any atom is -0.497 e. The Morgan fingerprint density at radius 3 is 2.39 bits per heavy atom. The molecule has 0 radical (unpaired) electrons. The van der Waals surface area contributed by atoms with Crippen LogP contribution in [-0.2, 0) is 0 Å². The molecule has 0 aliphatic heterocycles. The summed E-state index contributed by atoms with van der Waals surface area (Å²) in [4.78, 5) is 5.09. The summed E-state index contributed by atoms with van der Waals surface area (Å²) in [6.07, 6.45) is 2.15. The van der Waals surface area contributed by atoms with Crippen LogP contribution in [0.5, 0.6) is 5.75 Å². The molecule has 6 aromatic rings. The fourth-order valence-corrected chi connectivity index (χ4v) is 4.33. The van der Waals surface area contributed by atoms with Crippen molar-refractivity contribution in [3.8, 4) is 22.7 Å². The van der Waals surface area contributed by atoms with Crippen molar-refractivity contribution in [2.45, 2.75) is 0 Å². The van der Waals surface area contributed by atoms with Crippen LogP contribution in [0.4, 0.5) is 0 Å². The number of fused-ring (bicyclic) bond motifs is 5. The Morgan fingerprint density at radius 1 is 0.839 bits per heavy atom. The van der Waals surface area contributed by atoms with E-state index in [4.69, 9.17) is 21.3 Å². The van der Waals surface area contributed by atoms with Crippen molar-refractivity contribution in [2.75, 3.05) is 7.11 Å². The Morgan fingerprint density at radius 2 is 1.61 bits per heavy atom. The van der Waals surface area contributed by atoms with Gasteiger partial charge in [-0.15, -0.1) is 0 Å². The zero-order valence-electron chi connectivity index (χ0n) is 16.8. The summed E-state index contributed by atoms with van der Waals surface area (Å²) in [5, 5.41) is 3.04. The number of ether oxygens (including phenoxy) is 1. The van der Waals surface area contributed by atoms with Crippen molar-refractivity contribution >= 4 is 39.2 Å². The molecule has 0 spiro atoms. The second-order valence-corrected chi connectivity index (χ2v) is 7.93. The summed E-state index contributed by atoms with van der Waals surface area (Å²) in [5.41, 5.74) is 5.20. The van der Waals surface area contributed by atoms with Gasteiger partial charge < -0.3 is 4.74 Å². The van der Waals surface area contributed by atoms with Gasteiger partial charge in [0.2, 0.25) is 5.78 Å². The third-order valence-corrected chi connectivity index (χ3v) is 5.98. The predicted octanol–water partition coefficient (Wildman–Crippen LogP) is 6.76. The third kappa shape index (κ3) is 2.80. The lowest BCUT2D eigenvalue weighted by molar-refractivity contribution is 0.415. The van der Waals surface area contributed by atoms with Gasteiger partial charge in [0, 0.05) is 27.9 Å². The van der Waals surface area contributed by atoms with E-state index in [2.05, 4.69) is 63.7 Å². The van der Waals surface area contributed by atoms with Crippen LogP contribution in [0.25, 0.3) is 44.5 Å². The zero-order valence-corrected chi connectivity index (χ0v) is 17.5. The van der Waals surface area contributed by atoms with Crippen LogP contribution in [0.3, 0.4) is 0 Å². The first kappa shape index (κ1) is 18.0. The molecule has 4 aromatic carbocycles. The molecule has 0 saturated heterocycles. The van der Waals surface area contributed by atoms with Crippen LogP contribution in [-0.4, -0.2) is 21.1 Å². The van der Waals surface area contributed by atoms with Crippen molar-refractivity contribution in [3.63, 3.8) is 0 Å². The van der Waals surface area contributed by atoms with Gasteiger partial charge in [0.05, 0.1) is 23.8 Å². The van der Waals surface area contributed by atoms with Crippen molar-refractivity contribution in [1.29, 1.82) is 0 Å². The number of rotatable bonds is 3. The number of hydrogen-bond donors (Lipinski definition) is 0. The maximum Gasteiger partial charge on any atom is 0.220 e. The second kappa shape index (κ2) is 6.89. The maximum absolute atomic E-state index is 6.17. The van der Waals surface area contributed by atoms with Crippen LogP contribution in [0.2, 0.25) is 5.02 Å². The highest BCUT2D eigenvalue weighted by Crippen LogP contribution is 2.33. The molecule has 5 heteroatoms. The number of imidazole rings is 2. The van der Waals surface area contributed by atoms with E-state index >= 15 is 0 Å². The summed E-state index contributed by atoms with van der Waals surface area (Å²) in [5.74, 6) is 1.69. The van der Waals surface area contributed by atoms with Crippen LogP contribution in [0, 0.1) is 0 Å². The van der Waals surface area contributed by atoms with Gasteiger partial charge in [-0.05, 0) is 60.0 Å². The highest BCUT2D eigenvalue weighted by molar-refractivity contribution is 6.30. The molecule has 2 aromatic heterocycles. The lowest BCUT2D eigenvalue weighted by Gasteiger charge is -2.10. The number of hydrogen-bond acceptors (Lipinski definition) is 2. The fraction of sp³-hybridized carbons (Fsp3) is 0.0385. The van der Waals surface area contributed by atoms with Gasteiger partial charge in [0.15, 0.2) is 0 Å². The SMILES string of the molecule is COc1ccc(-c2cn3c4ccc5ccccc5c4nc3n2-c2ccc(Cl)cc2)cc1. The van der Waals surface area contributed by atoms with E-state index in [0.717, 1.165) is 44.9 Å². The van der Waals surface area contributed by atoms with E-state index in [1.165, 1.54) is 5.39 Å². The molecule has 0 saturated carbocycles. The molecule has 6 rings (SSSR count). The monoisotopic (exact) mass is 423 g/mol. The van der Waals surface area contributed by atoms with E-state index in [9.17, 15) is 0 Å². The summed E-state index contributed by atoms with van der Waals surface area (Å²) < 4.78 is 9.67. The molecule has 0 bridgehead atoms. The number of halogens is 1. The van der Waals surface area contributed by atoms with Gasteiger partial charge >= 0.3 is 0 Å². The molecule has 150 valence electrons. The van der Waals surface area contributed by atoms with Crippen LogP contribution in [0.15, 0.2) is 91.1 Å². The largest absolute Gasteiger partial charge is 0.497 e. The standard InChI is InChI=1S/C26H18ClN3O/c1-31-21-13-6-18(7-14-21)24-16-29-23-15-8-17-4-2-3-5-22(17)25(23)28-26(29)30(24)20-11-9-19(27)10-12-20/h2-16H,1H3. The first-order valence-electron chi connectivity index (χ1n) is 10.0. The molecule has 0 N–H and O–H groups in total. The molecule has 0 unspecified atom stereocenters. The molecule has 2 heterocycles. The summed E-state index contributed by atoms with van der Waals surface area (Å²) in [7, 11) is 1.68. The van der Waals surface area contributed by atoms with Gasteiger partial charge in [0.25, 0.3) is 0 Å². The lowest BCUT2D eigenvalue weighted by atomic mass is 10.1. The Bertz CT molecular complexity index is 1560. The van der Waals surface area contributed by atoms with Crippen molar-refractivity contribution in [3.05, 3.63) is 96.1 Å². The summed E-state index contributed by atoms with van der Waals surface area (Å²) in [6, 6.07) is 28.6. The van der Waals surface area contributed by atoms with Crippen LogP contribution < -0.4 is 4.74 Å². The Kier molecular flexibility index (Phi) is 4.01. The molecule has 31 heavy (non-hydrogen) atoms. The minimum absolute atomic E-state index is 0.706. The van der Waals surface area contributed by atoms with Gasteiger partial charge in [-0.2, -0.15) is 0 Å². The van der Waals surface area contributed by atoms with E-state index in [0.29, 0.717) is 5.02 Å². The number of nitrogens with zero attached hydrogens (tertiary/aromatic N) is 3. The van der Waals surface area contributed by atoms with Gasteiger partial charge in [0.1, 0.15) is 5.75 Å². The maximum atomic E-state index is 6.17. The van der Waals surface area contributed by atoms with E-state index in [-0.39, 0.29) is 0 Å². The van der Waals surface area contributed by atoms with Crippen molar-refractivity contribution < 1.29 is 4.74 Å². The zero-order chi connectivity index (χ0) is 20.9. The smallest absolute Gasteiger partial charge is 0.220 e. The molecule has 0 aliphatic carbocycles. The van der Waals surface area contributed by atoms with Crippen LogP contribution >= 0.6 is 11.6 Å². The molecule has 0 aliphatic rings. The van der Waals surface area contributed by atoms with Crippen LogP contribution in [0.1, 0.15) is 0 Å². The summed E-state index contributed by atoms with van der Waals surface area (Å²) in [6.45, 7) is 0. The lowest BCUT2D eigenvalue weighted by Crippen LogP contribution is -1.97. The first-order valence-corrected chi connectivity index (χ1v) is 10.4. The topological polar surface area (TPSA) is 31.5 Å². The fourth-order valence-electron chi connectivity index (χ4n) is 4.20. The molecule has 0 fully saturated rings. The number of benzene rings is 4. The van der Waals surface area contributed by atoms with E-state index in [1.54, 1.807) is 7.11 Å². The quantitative estimate of drug-likeness (QED) is 0.315. The first-order chi connectivity index (χ1) is 15.2. The Hall–Kier alpha value is -3.76. The molecular formula is C26H18ClN3O. The molecule has 0 atom stereocenters. The van der Waals surface area contributed by atoms with Gasteiger partial charge in [-0.25, -0.2) is 4.98 Å². The van der Waals surface area contributed by atoms with Gasteiger partial charge in [-0.1, -0.05) is 41.9 Å². The second-order valence-electron chi connectivity index (χ2n) is 7.49. The highest BCUT2D eigenvalue weighted by Gasteiger charge is 2.18. The third-order valence-electron chi connectivity index (χ3n) is 5.73. The van der Waals surface area contributed by atoms with E-state index < -0.39 is 0 Å². The highest BCUT2D eigenvalue weighted by atomic mass is 35.5. The normalized spacial score (nSPS) is 11.5. The predicted molar refractivity (Wildman–Crippen MR) is 127 cm³/mol. The molecule has 4 nitrogen and oxygen atoms in total. The molecule has 0 amide bonds. The molecular weight excluding hydrogens is 406 g/mol. The Balaban J connectivity index is 1.69. The van der Waals surface area contributed by atoms with Crippen molar-refractivity contribution in [2.24, 2.45) is 0 Å². The van der Waals surface area contributed by atoms with E-state index in [1.807, 2.05) is 36.4 Å². The average molecular weight is 424 g/mol. The summed E-state index contributed by atoms with van der Waals surface area (Å²) >= 11 is 6.17. The van der Waals surface area contributed by atoms with Crippen molar-refractivity contribution in [1.82, 2.24) is 14.0 Å². The Labute approximate surface area is 183 Å². The number of aromatic nitrogens is 3.